The third-order valence-corrected chi connectivity index (χ3v) is 5.28. The summed E-state index contributed by atoms with van der Waals surface area (Å²) in [7, 11) is 0. The second-order valence-electron chi connectivity index (χ2n) is 6.91. The van der Waals surface area contributed by atoms with Gasteiger partial charge in [-0.3, -0.25) is 5.01 Å². The van der Waals surface area contributed by atoms with Crippen molar-refractivity contribution >= 4 is 23.9 Å². The molecule has 0 saturated heterocycles. The van der Waals surface area contributed by atoms with Crippen molar-refractivity contribution in [2.24, 2.45) is 21.5 Å². The van der Waals surface area contributed by atoms with Gasteiger partial charge in [-0.05, 0) is 51.4 Å². The number of hydrogen-bond acceptors (Lipinski definition) is 7. The van der Waals surface area contributed by atoms with E-state index < -0.39 is 5.62 Å². The van der Waals surface area contributed by atoms with E-state index in [1.807, 2.05) is 0 Å². The van der Waals surface area contributed by atoms with Crippen LogP contribution in [0.2, 0.25) is 0 Å². The SMILES string of the molecule is NC1CCC(NC2=NC(Cl)N(NC3CCC(N)CC3)C=N2)CC1. The summed E-state index contributed by atoms with van der Waals surface area (Å²) < 4.78 is 0. The Bertz CT molecular complexity index is 439. The van der Waals surface area contributed by atoms with Gasteiger partial charge in [0.1, 0.15) is 6.34 Å². The lowest BCUT2D eigenvalue weighted by molar-refractivity contribution is 0.207. The molecule has 1 atom stereocenters. The molecule has 0 aromatic carbocycles. The Labute approximate surface area is 142 Å². The topological polar surface area (TPSA) is 104 Å². The van der Waals surface area contributed by atoms with Gasteiger partial charge in [-0.1, -0.05) is 11.6 Å². The molecule has 1 aliphatic heterocycles. The van der Waals surface area contributed by atoms with Gasteiger partial charge in [0.05, 0.1) is 0 Å². The van der Waals surface area contributed by atoms with Crippen molar-refractivity contribution in [1.82, 2.24) is 15.8 Å². The van der Waals surface area contributed by atoms with Gasteiger partial charge >= 0.3 is 0 Å². The fourth-order valence-corrected chi connectivity index (χ4v) is 3.64. The normalized spacial score (nSPS) is 38.3. The number of alkyl halides is 1. The van der Waals surface area contributed by atoms with Gasteiger partial charge in [-0.25, -0.2) is 15.4 Å². The average molecular weight is 342 g/mol. The van der Waals surface area contributed by atoms with E-state index >= 15 is 0 Å². The molecule has 130 valence electrons. The highest BCUT2D eigenvalue weighted by atomic mass is 35.5. The first kappa shape index (κ1) is 17.0. The van der Waals surface area contributed by atoms with Crippen LogP contribution in [0.3, 0.4) is 0 Å². The van der Waals surface area contributed by atoms with Crippen LogP contribution in [0.4, 0.5) is 0 Å². The van der Waals surface area contributed by atoms with E-state index in [4.69, 9.17) is 23.1 Å². The molecule has 2 aliphatic carbocycles. The quantitative estimate of drug-likeness (QED) is 0.450. The minimum atomic E-state index is -0.476. The molecule has 0 aromatic rings. The minimum Gasteiger partial charge on any atom is -0.352 e. The van der Waals surface area contributed by atoms with E-state index in [1.165, 1.54) is 0 Å². The van der Waals surface area contributed by atoms with Crippen LogP contribution >= 0.6 is 11.6 Å². The number of hydrazine groups is 1. The van der Waals surface area contributed by atoms with E-state index in [0.717, 1.165) is 51.4 Å². The largest absolute Gasteiger partial charge is 0.352 e. The Morgan fingerprint density at radius 2 is 1.52 bits per heavy atom. The number of halogens is 1. The number of aliphatic imine (C=N–C) groups is 2. The molecule has 2 saturated carbocycles. The minimum absolute atomic E-state index is 0.340. The van der Waals surface area contributed by atoms with Gasteiger partial charge in [0.2, 0.25) is 11.6 Å². The number of nitrogens with two attached hydrogens (primary N) is 2. The van der Waals surface area contributed by atoms with Crippen molar-refractivity contribution in [2.45, 2.75) is 81.2 Å². The smallest absolute Gasteiger partial charge is 0.222 e. The molecule has 0 bridgehead atoms. The number of rotatable bonds is 3. The molecule has 7 nitrogen and oxygen atoms in total. The highest BCUT2D eigenvalue weighted by Crippen LogP contribution is 2.20. The van der Waals surface area contributed by atoms with Gasteiger partial charge in [-0.2, -0.15) is 0 Å². The van der Waals surface area contributed by atoms with Crippen LogP contribution in [0.15, 0.2) is 9.98 Å². The molecule has 6 N–H and O–H groups in total. The summed E-state index contributed by atoms with van der Waals surface area (Å²) in [6.07, 6.45) is 10.2. The third-order valence-electron chi connectivity index (χ3n) is 4.97. The second-order valence-corrected chi connectivity index (χ2v) is 7.30. The highest BCUT2D eigenvalue weighted by molar-refractivity contribution is 6.21. The van der Waals surface area contributed by atoms with Crippen molar-refractivity contribution in [2.75, 3.05) is 0 Å². The van der Waals surface area contributed by atoms with Gasteiger partial charge in [0.15, 0.2) is 0 Å². The van der Waals surface area contributed by atoms with Gasteiger partial charge in [-0.15, -0.1) is 0 Å². The van der Waals surface area contributed by atoms with Crippen LogP contribution < -0.4 is 22.2 Å². The Balaban J connectivity index is 1.46. The Kier molecular flexibility index (Phi) is 5.74. The summed E-state index contributed by atoms with van der Waals surface area (Å²) in [5.41, 5.74) is 14.8. The Hall–Kier alpha value is -0.890. The van der Waals surface area contributed by atoms with Crippen molar-refractivity contribution in [3.05, 3.63) is 0 Å². The Morgan fingerprint density at radius 1 is 0.957 bits per heavy atom. The number of nitrogens with one attached hydrogen (secondary N) is 2. The number of guanidine groups is 1. The zero-order valence-electron chi connectivity index (χ0n) is 13.5. The van der Waals surface area contributed by atoms with Crippen molar-refractivity contribution in [3.63, 3.8) is 0 Å². The fourth-order valence-electron chi connectivity index (χ4n) is 3.44. The summed E-state index contributed by atoms with van der Waals surface area (Å²) in [4.78, 5) is 8.83. The number of hydrogen-bond donors (Lipinski definition) is 4. The lowest BCUT2D eigenvalue weighted by atomic mass is 9.92. The van der Waals surface area contributed by atoms with Crippen molar-refractivity contribution in [1.29, 1.82) is 0 Å². The molecule has 1 unspecified atom stereocenters. The predicted octanol–water partition coefficient (Wildman–Crippen LogP) is 0.843. The Morgan fingerprint density at radius 3 is 2.09 bits per heavy atom. The molecule has 23 heavy (non-hydrogen) atoms. The van der Waals surface area contributed by atoms with Crippen LogP contribution in [-0.2, 0) is 0 Å². The van der Waals surface area contributed by atoms with Crippen LogP contribution in [0.5, 0.6) is 0 Å². The molecule has 3 rings (SSSR count). The fraction of sp³-hybridized carbons (Fsp3) is 0.867. The van der Waals surface area contributed by atoms with Crippen LogP contribution in [-0.4, -0.2) is 47.1 Å². The molecular formula is C15H28ClN7. The molecule has 0 aromatic heterocycles. The maximum Gasteiger partial charge on any atom is 0.222 e. The molecule has 1 heterocycles. The van der Waals surface area contributed by atoms with Gasteiger partial charge < -0.3 is 16.8 Å². The summed E-state index contributed by atoms with van der Waals surface area (Å²) in [5, 5.41) is 5.16. The monoisotopic (exact) mass is 341 g/mol. The first-order valence-corrected chi connectivity index (χ1v) is 9.12. The maximum atomic E-state index is 6.37. The summed E-state index contributed by atoms with van der Waals surface area (Å²) in [6, 6.07) is 1.47. The molecular weight excluding hydrogens is 314 g/mol. The predicted molar refractivity (Wildman–Crippen MR) is 94.1 cm³/mol. The summed E-state index contributed by atoms with van der Waals surface area (Å²) in [5.74, 6) is 0.620. The third kappa shape index (κ3) is 4.79. The molecule has 0 amide bonds. The van der Waals surface area contributed by atoms with E-state index in [0.29, 0.717) is 30.1 Å². The van der Waals surface area contributed by atoms with Crippen LogP contribution in [0.25, 0.3) is 0 Å². The van der Waals surface area contributed by atoms with Crippen LogP contribution in [0.1, 0.15) is 51.4 Å². The van der Waals surface area contributed by atoms with Gasteiger partial charge in [0, 0.05) is 24.2 Å². The van der Waals surface area contributed by atoms with Gasteiger partial charge in [0.25, 0.3) is 0 Å². The maximum absolute atomic E-state index is 6.37. The second kappa shape index (κ2) is 7.79. The molecule has 0 spiro atoms. The van der Waals surface area contributed by atoms with E-state index in [1.54, 1.807) is 11.3 Å². The zero-order valence-corrected chi connectivity index (χ0v) is 14.3. The standard InChI is InChI=1S/C15H28ClN7/c16-14-21-15(20-12-5-1-10(17)2-6-12)19-9-23(14)22-13-7-3-11(18)4-8-13/h9-14,22H,1-8,17-18H2,(H,20,21). The lowest BCUT2D eigenvalue weighted by Gasteiger charge is -2.34. The first-order valence-electron chi connectivity index (χ1n) is 8.68. The molecule has 2 fully saturated rings. The molecule has 3 aliphatic rings. The molecule has 0 radical (unpaired) electrons. The van der Waals surface area contributed by atoms with Crippen molar-refractivity contribution in [3.8, 4) is 0 Å². The number of nitrogens with zero attached hydrogens (tertiary/aromatic N) is 3. The average Bonchev–Trinajstić information content (AvgIpc) is 2.54. The summed E-state index contributed by atoms with van der Waals surface area (Å²) >= 11 is 6.37. The van der Waals surface area contributed by atoms with E-state index in [9.17, 15) is 0 Å². The molecule has 8 heteroatoms. The van der Waals surface area contributed by atoms with E-state index in [-0.39, 0.29) is 0 Å². The van der Waals surface area contributed by atoms with Crippen molar-refractivity contribution < 1.29 is 0 Å². The summed E-state index contributed by atoms with van der Waals surface area (Å²) in [6.45, 7) is 0. The zero-order chi connectivity index (χ0) is 16.2. The lowest BCUT2D eigenvalue weighted by Crippen LogP contribution is -2.52. The van der Waals surface area contributed by atoms with Crippen LogP contribution in [0, 0.1) is 0 Å². The van der Waals surface area contributed by atoms with E-state index in [2.05, 4.69) is 20.7 Å². The first-order chi connectivity index (χ1) is 11.1. The highest BCUT2D eigenvalue weighted by Gasteiger charge is 2.25.